The number of thiocarbonyl (C=S) groups is 1. The molecular weight excluding hydrogens is 549 g/mol. The minimum Gasteiger partial charge on any atom is -0.507 e. The molecule has 0 atom stereocenters. The van der Waals surface area contributed by atoms with Gasteiger partial charge in [-0.05, 0) is 52.9 Å². The van der Waals surface area contributed by atoms with Crippen LogP contribution in [0.15, 0.2) is 46.7 Å². The lowest BCUT2D eigenvalue weighted by molar-refractivity contribution is -0.122. The fourth-order valence-corrected chi connectivity index (χ4v) is 5.57. The van der Waals surface area contributed by atoms with Crippen LogP contribution in [0.25, 0.3) is 17.2 Å². The number of carbonyl (C=O) groups is 3. The summed E-state index contributed by atoms with van der Waals surface area (Å²) in [5.74, 6) is -6.87. The summed E-state index contributed by atoms with van der Waals surface area (Å²) in [5.41, 5.74) is 0.477. The molecule has 2 aromatic carbocycles. The zero-order valence-corrected chi connectivity index (χ0v) is 20.9. The van der Waals surface area contributed by atoms with Gasteiger partial charge in [0.05, 0.1) is 4.91 Å². The van der Waals surface area contributed by atoms with Crippen LogP contribution >= 0.6 is 35.3 Å². The molecule has 2 amide bonds. The van der Waals surface area contributed by atoms with E-state index in [0.717, 1.165) is 36.0 Å². The minimum absolute atomic E-state index is 0.0170. The Morgan fingerprint density at radius 1 is 1.08 bits per heavy atom. The number of aromatic carboxylic acids is 1. The minimum atomic E-state index is -1.55. The van der Waals surface area contributed by atoms with Gasteiger partial charge in [0.2, 0.25) is 5.91 Å². The number of thioether (sulfide) groups is 1. The van der Waals surface area contributed by atoms with E-state index in [0.29, 0.717) is 15.3 Å². The summed E-state index contributed by atoms with van der Waals surface area (Å²) >= 11 is 7.51. The van der Waals surface area contributed by atoms with Crippen LogP contribution in [0.3, 0.4) is 0 Å². The van der Waals surface area contributed by atoms with Crippen molar-refractivity contribution < 1.29 is 37.8 Å². The van der Waals surface area contributed by atoms with Crippen LogP contribution in [0.5, 0.6) is 5.75 Å². The van der Waals surface area contributed by atoms with Gasteiger partial charge in [-0.25, -0.2) is 18.0 Å². The van der Waals surface area contributed by atoms with E-state index < -0.39 is 41.0 Å². The second-order valence-corrected chi connectivity index (χ2v) is 10.3. The molecule has 1 saturated heterocycles. The second-order valence-electron chi connectivity index (χ2n) is 7.66. The molecule has 0 aliphatic carbocycles. The summed E-state index contributed by atoms with van der Waals surface area (Å²) in [7, 11) is 0. The monoisotopic (exact) mass is 564 g/mol. The average molecular weight is 565 g/mol. The number of benzene rings is 2. The molecule has 3 N–H and O–H groups in total. The van der Waals surface area contributed by atoms with Crippen LogP contribution in [0, 0.1) is 17.5 Å². The third-order valence-electron chi connectivity index (χ3n) is 5.16. The van der Waals surface area contributed by atoms with Crippen LogP contribution < -0.4 is 5.32 Å². The van der Waals surface area contributed by atoms with E-state index in [2.05, 4.69) is 5.32 Å². The lowest BCUT2D eigenvalue weighted by atomic mass is 10.1. The van der Waals surface area contributed by atoms with Crippen molar-refractivity contribution in [2.75, 3.05) is 11.9 Å². The number of hydrogen-bond acceptors (Lipinski definition) is 7. The summed E-state index contributed by atoms with van der Waals surface area (Å²) in [6.07, 6.45) is 1.45. The van der Waals surface area contributed by atoms with E-state index >= 15 is 0 Å². The van der Waals surface area contributed by atoms with Crippen LogP contribution in [0.4, 0.5) is 18.9 Å². The summed E-state index contributed by atoms with van der Waals surface area (Å²) in [6.45, 7) is -0.0170. The molecule has 37 heavy (non-hydrogen) atoms. The number of nitrogens with zero attached hydrogens (tertiary/aromatic N) is 1. The molecule has 0 spiro atoms. The van der Waals surface area contributed by atoms with E-state index in [9.17, 15) is 32.7 Å². The predicted molar refractivity (Wildman–Crippen MR) is 138 cm³/mol. The van der Waals surface area contributed by atoms with E-state index in [-0.39, 0.29) is 34.1 Å². The molecule has 1 aromatic heterocycles. The van der Waals surface area contributed by atoms with Crippen molar-refractivity contribution in [3.8, 4) is 16.9 Å². The first-order chi connectivity index (χ1) is 17.5. The number of hydrogen-bond donors (Lipinski definition) is 3. The van der Waals surface area contributed by atoms with Gasteiger partial charge >= 0.3 is 5.97 Å². The molecule has 7 nitrogen and oxygen atoms in total. The first-order valence-corrected chi connectivity index (χ1v) is 12.5. The molecule has 4 rings (SSSR count). The average Bonchev–Trinajstić information content (AvgIpc) is 3.40. The highest BCUT2D eigenvalue weighted by Gasteiger charge is 2.32. The molecule has 1 fully saturated rings. The van der Waals surface area contributed by atoms with E-state index in [1.54, 1.807) is 17.5 Å². The number of aromatic hydroxyl groups is 1. The number of phenols is 1. The molecule has 0 bridgehead atoms. The van der Waals surface area contributed by atoms with Gasteiger partial charge in [0.25, 0.3) is 5.91 Å². The zero-order chi connectivity index (χ0) is 26.9. The number of carboxylic acid groups (broad SMARTS) is 1. The highest BCUT2D eigenvalue weighted by molar-refractivity contribution is 8.26. The fourth-order valence-electron chi connectivity index (χ4n) is 3.35. The number of amides is 2. The van der Waals surface area contributed by atoms with Crippen molar-refractivity contribution >= 4 is 69.2 Å². The van der Waals surface area contributed by atoms with Crippen molar-refractivity contribution in [2.45, 2.75) is 6.42 Å². The van der Waals surface area contributed by atoms with E-state index in [1.807, 2.05) is 0 Å². The molecule has 13 heteroatoms. The first kappa shape index (κ1) is 26.4. The standard InChI is InChI=1S/C24H15F3N2O5S3/c25-16-6-11(7-17(26)21(16)27)12-5-14(36-10-12)9-19-22(32)29(24(35)37-19)4-3-20(31)28-13-1-2-15(23(33)34)18(30)8-13/h1-2,5-10,30H,3-4H2,(H,28,31)(H,33,34). The maximum Gasteiger partial charge on any atom is 0.339 e. The van der Waals surface area contributed by atoms with Crippen molar-refractivity contribution in [3.63, 3.8) is 0 Å². The molecule has 190 valence electrons. The zero-order valence-electron chi connectivity index (χ0n) is 18.5. The van der Waals surface area contributed by atoms with Gasteiger partial charge in [-0.3, -0.25) is 14.5 Å². The van der Waals surface area contributed by atoms with Gasteiger partial charge < -0.3 is 15.5 Å². The predicted octanol–water partition coefficient (Wildman–Crippen LogP) is 5.47. The summed E-state index contributed by atoms with van der Waals surface area (Å²) in [6, 6.07) is 6.95. The SMILES string of the molecule is O=C(CCN1C(=O)C(=Cc2cc(-c3cc(F)c(F)c(F)c3)cs2)SC1=S)Nc1ccc(C(=O)O)c(O)c1. The lowest BCUT2D eigenvalue weighted by Crippen LogP contribution is -2.31. The van der Waals surface area contributed by atoms with Crippen LogP contribution in [0.2, 0.25) is 0 Å². The van der Waals surface area contributed by atoms with Gasteiger partial charge in [-0.1, -0.05) is 24.0 Å². The van der Waals surface area contributed by atoms with Gasteiger partial charge in [-0.2, -0.15) is 0 Å². The van der Waals surface area contributed by atoms with Crippen molar-refractivity contribution in [3.05, 3.63) is 74.6 Å². The molecule has 0 unspecified atom stereocenters. The molecule has 0 radical (unpaired) electrons. The molecule has 2 heterocycles. The van der Waals surface area contributed by atoms with Crippen LogP contribution in [-0.4, -0.2) is 43.8 Å². The van der Waals surface area contributed by atoms with Crippen LogP contribution in [-0.2, 0) is 9.59 Å². The second kappa shape index (κ2) is 10.7. The highest BCUT2D eigenvalue weighted by Crippen LogP contribution is 2.35. The van der Waals surface area contributed by atoms with Crippen molar-refractivity contribution in [1.29, 1.82) is 0 Å². The van der Waals surface area contributed by atoms with Gasteiger partial charge in [0.15, 0.2) is 17.5 Å². The smallest absolute Gasteiger partial charge is 0.339 e. The first-order valence-electron chi connectivity index (χ1n) is 10.4. The van der Waals surface area contributed by atoms with Crippen LogP contribution in [0.1, 0.15) is 21.7 Å². The normalized spacial score (nSPS) is 14.5. The molecule has 1 aliphatic heterocycles. The van der Waals surface area contributed by atoms with Crippen molar-refractivity contribution in [1.82, 2.24) is 4.90 Å². The Labute approximate surface area is 221 Å². The fraction of sp³-hybridized carbons (Fsp3) is 0.0833. The lowest BCUT2D eigenvalue weighted by Gasteiger charge is -2.14. The van der Waals surface area contributed by atoms with Gasteiger partial charge in [0, 0.05) is 29.6 Å². The summed E-state index contributed by atoms with van der Waals surface area (Å²) in [5, 5.41) is 22.8. The maximum atomic E-state index is 13.6. The molecular formula is C24H15F3N2O5S3. The highest BCUT2D eigenvalue weighted by atomic mass is 32.2. The quantitative estimate of drug-likeness (QED) is 0.199. The summed E-state index contributed by atoms with van der Waals surface area (Å²) < 4.78 is 40.6. The maximum absolute atomic E-state index is 13.6. The van der Waals surface area contributed by atoms with Gasteiger partial charge in [-0.15, -0.1) is 11.3 Å². The number of carboxylic acids is 1. The summed E-state index contributed by atoms with van der Waals surface area (Å²) in [4.78, 5) is 38.3. The largest absolute Gasteiger partial charge is 0.507 e. The number of nitrogens with one attached hydrogen (secondary N) is 1. The Morgan fingerprint density at radius 2 is 1.78 bits per heavy atom. The number of halogens is 3. The van der Waals surface area contributed by atoms with Crippen molar-refractivity contribution in [2.24, 2.45) is 0 Å². The van der Waals surface area contributed by atoms with Gasteiger partial charge in [0.1, 0.15) is 15.6 Å². The third kappa shape index (κ3) is 5.84. The number of anilines is 1. The number of thiophene rings is 1. The Balaban J connectivity index is 1.39. The Morgan fingerprint density at radius 3 is 2.43 bits per heavy atom. The van der Waals surface area contributed by atoms with E-state index in [1.165, 1.54) is 22.3 Å². The Bertz CT molecular complexity index is 1470. The Hall–Kier alpha value is -3.68. The number of rotatable bonds is 7. The topological polar surface area (TPSA) is 107 Å². The van der Waals surface area contributed by atoms with E-state index in [4.69, 9.17) is 17.3 Å². The molecule has 0 saturated carbocycles. The molecule has 1 aliphatic rings. The Kier molecular flexibility index (Phi) is 7.66. The molecule has 3 aromatic rings. The number of carbonyl (C=O) groups excluding carboxylic acids is 2. The third-order valence-corrected chi connectivity index (χ3v) is 7.42.